The molecule has 2 aromatic heterocycles. The molecule has 2 heterocycles. The Bertz CT molecular complexity index is 1290. The highest BCUT2D eigenvalue weighted by molar-refractivity contribution is 6.07. The van der Waals surface area contributed by atoms with Crippen LogP contribution in [0.15, 0.2) is 65.2 Å². The fourth-order valence-corrected chi connectivity index (χ4v) is 3.11. The van der Waals surface area contributed by atoms with Crippen LogP contribution in [0, 0.1) is 13.8 Å². The third kappa shape index (κ3) is 4.46. The smallest absolute Gasteiger partial charge is 0.289 e. The van der Waals surface area contributed by atoms with Crippen LogP contribution in [0.2, 0.25) is 0 Å². The predicted molar refractivity (Wildman–Crippen MR) is 122 cm³/mol. The number of carbonyl (C=O) groups is 2. The predicted octanol–water partition coefficient (Wildman–Crippen LogP) is 5.19. The summed E-state index contributed by atoms with van der Waals surface area (Å²) in [5, 5.41) is 3.37. The number of nitrogens with one attached hydrogen (secondary N) is 1. The minimum Gasteiger partial charge on any atom is -0.457 e. The number of amides is 2. The maximum atomic E-state index is 12.9. The maximum absolute atomic E-state index is 12.9. The number of furan rings is 1. The third-order valence-electron chi connectivity index (χ3n) is 4.88. The van der Waals surface area contributed by atoms with Crippen LogP contribution in [-0.2, 0) is 0 Å². The average Bonchev–Trinajstić information content (AvgIpc) is 3.20. The Kier molecular flexibility index (Phi) is 5.64. The number of hydrogen-bond donors (Lipinski definition) is 1. The Morgan fingerprint density at radius 1 is 0.969 bits per heavy atom. The van der Waals surface area contributed by atoms with Gasteiger partial charge in [-0.05, 0) is 49.7 Å². The number of benzene rings is 2. The van der Waals surface area contributed by atoms with Crippen LogP contribution < -0.4 is 10.1 Å². The van der Waals surface area contributed by atoms with Crippen LogP contribution in [0.4, 0.5) is 5.82 Å². The summed E-state index contributed by atoms with van der Waals surface area (Å²) in [6.07, 6.45) is 1.68. The second-order valence-electron chi connectivity index (χ2n) is 7.79. The number of carbonyl (C=O) groups excluding carboxylic acids is 2. The molecule has 0 bridgehead atoms. The quantitative estimate of drug-likeness (QED) is 0.472. The largest absolute Gasteiger partial charge is 0.457 e. The van der Waals surface area contributed by atoms with Crippen LogP contribution in [0.1, 0.15) is 32.0 Å². The molecule has 0 spiro atoms. The van der Waals surface area contributed by atoms with Crippen LogP contribution in [0.3, 0.4) is 0 Å². The van der Waals surface area contributed by atoms with E-state index in [1.165, 1.54) is 4.90 Å². The molecular weight excluding hydrogens is 406 g/mol. The third-order valence-corrected chi connectivity index (χ3v) is 4.88. The van der Waals surface area contributed by atoms with E-state index in [-0.39, 0.29) is 17.6 Å². The lowest BCUT2D eigenvalue weighted by Gasteiger charge is -2.10. The maximum Gasteiger partial charge on any atom is 0.289 e. The molecule has 0 aliphatic heterocycles. The topological polar surface area (TPSA) is 84.7 Å². The van der Waals surface area contributed by atoms with Gasteiger partial charge in [-0.3, -0.25) is 9.59 Å². The van der Waals surface area contributed by atoms with Gasteiger partial charge in [-0.1, -0.05) is 23.8 Å². The number of aromatic nitrogens is 1. The second-order valence-corrected chi connectivity index (χ2v) is 7.79. The van der Waals surface area contributed by atoms with Crippen LogP contribution in [0.5, 0.6) is 11.5 Å². The number of aryl methyl sites for hydroxylation is 2. The first-order chi connectivity index (χ1) is 15.3. The number of rotatable bonds is 5. The number of ether oxygens (including phenoxy) is 1. The van der Waals surface area contributed by atoms with Crippen molar-refractivity contribution in [2.45, 2.75) is 13.8 Å². The Labute approximate surface area is 185 Å². The van der Waals surface area contributed by atoms with E-state index in [0.29, 0.717) is 33.8 Å². The molecule has 0 saturated heterocycles. The molecule has 0 aliphatic rings. The zero-order valence-electron chi connectivity index (χ0n) is 18.3. The van der Waals surface area contributed by atoms with Crippen LogP contribution >= 0.6 is 0 Å². The van der Waals surface area contributed by atoms with E-state index in [2.05, 4.69) is 10.3 Å². The molecule has 32 heavy (non-hydrogen) atoms. The van der Waals surface area contributed by atoms with E-state index in [4.69, 9.17) is 9.15 Å². The van der Waals surface area contributed by atoms with Gasteiger partial charge in [0.25, 0.3) is 11.8 Å². The zero-order valence-corrected chi connectivity index (χ0v) is 18.3. The molecule has 4 aromatic rings. The van der Waals surface area contributed by atoms with Crippen molar-refractivity contribution in [2.24, 2.45) is 0 Å². The summed E-state index contributed by atoms with van der Waals surface area (Å²) in [7, 11) is 3.29. The molecule has 1 N–H and O–H groups in total. The summed E-state index contributed by atoms with van der Waals surface area (Å²) in [5.74, 6) is 0.971. The number of pyridine rings is 1. The van der Waals surface area contributed by atoms with Crippen molar-refractivity contribution in [3.05, 3.63) is 83.2 Å². The lowest BCUT2D eigenvalue weighted by molar-refractivity contribution is 0.0799. The van der Waals surface area contributed by atoms with Gasteiger partial charge >= 0.3 is 0 Å². The molecule has 2 amide bonds. The van der Waals surface area contributed by atoms with Gasteiger partial charge in [0.1, 0.15) is 22.9 Å². The van der Waals surface area contributed by atoms with Gasteiger partial charge in [0.15, 0.2) is 5.76 Å². The summed E-state index contributed by atoms with van der Waals surface area (Å²) in [6.45, 7) is 3.91. The first kappa shape index (κ1) is 21.1. The van der Waals surface area contributed by atoms with E-state index >= 15 is 0 Å². The summed E-state index contributed by atoms with van der Waals surface area (Å²) >= 11 is 0. The Balaban J connectivity index is 1.75. The van der Waals surface area contributed by atoms with Gasteiger partial charge in [-0.2, -0.15) is 0 Å². The molecular formula is C25H23N3O4. The van der Waals surface area contributed by atoms with Gasteiger partial charge in [-0.15, -0.1) is 0 Å². The van der Waals surface area contributed by atoms with Crippen molar-refractivity contribution in [1.82, 2.24) is 9.88 Å². The standard InChI is InChI=1S/C25H23N3O4/c1-15-5-8-18(9-6-15)31-20-11-17(24(29)27-23-10-7-16(2)14-26-23)12-21-19(20)13-22(32-21)25(30)28(3)4/h5-14H,1-4H3,(H,26,27,29). The van der Waals surface area contributed by atoms with Crippen molar-refractivity contribution < 1.29 is 18.7 Å². The molecule has 2 aromatic carbocycles. The molecule has 4 rings (SSSR count). The van der Waals surface area contributed by atoms with Gasteiger partial charge in [-0.25, -0.2) is 4.98 Å². The number of fused-ring (bicyclic) bond motifs is 1. The lowest BCUT2D eigenvalue weighted by Crippen LogP contribution is -2.20. The fourth-order valence-electron chi connectivity index (χ4n) is 3.11. The highest BCUT2D eigenvalue weighted by Gasteiger charge is 2.20. The minimum absolute atomic E-state index is 0.163. The Morgan fingerprint density at radius 2 is 1.69 bits per heavy atom. The van der Waals surface area contributed by atoms with Crippen LogP contribution in [-0.4, -0.2) is 35.8 Å². The Morgan fingerprint density at radius 3 is 2.34 bits per heavy atom. The normalized spacial score (nSPS) is 10.8. The summed E-state index contributed by atoms with van der Waals surface area (Å²) < 4.78 is 11.9. The molecule has 0 unspecified atom stereocenters. The van der Waals surface area contributed by atoms with Crippen molar-refractivity contribution >= 4 is 28.6 Å². The summed E-state index contributed by atoms with van der Waals surface area (Å²) in [5.41, 5.74) is 2.79. The molecule has 7 heteroatoms. The number of anilines is 1. The van der Waals surface area contributed by atoms with E-state index in [9.17, 15) is 9.59 Å². The first-order valence-electron chi connectivity index (χ1n) is 10.1. The highest BCUT2D eigenvalue weighted by atomic mass is 16.5. The van der Waals surface area contributed by atoms with Crippen molar-refractivity contribution in [1.29, 1.82) is 0 Å². The van der Waals surface area contributed by atoms with Gasteiger partial charge in [0.2, 0.25) is 0 Å². The molecule has 0 saturated carbocycles. The molecule has 0 atom stereocenters. The Hall–Kier alpha value is -4.13. The molecule has 7 nitrogen and oxygen atoms in total. The van der Waals surface area contributed by atoms with Gasteiger partial charge in [0, 0.05) is 31.9 Å². The molecule has 0 fully saturated rings. The summed E-state index contributed by atoms with van der Waals surface area (Å²) in [4.78, 5) is 31.0. The van der Waals surface area contributed by atoms with Gasteiger partial charge in [0.05, 0.1) is 5.39 Å². The lowest BCUT2D eigenvalue weighted by atomic mass is 10.1. The van der Waals surface area contributed by atoms with E-state index in [1.807, 2.05) is 44.2 Å². The van der Waals surface area contributed by atoms with E-state index in [1.54, 1.807) is 44.6 Å². The summed E-state index contributed by atoms with van der Waals surface area (Å²) in [6, 6.07) is 16.0. The van der Waals surface area contributed by atoms with Crippen LogP contribution in [0.25, 0.3) is 11.0 Å². The molecule has 162 valence electrons. The first-order valence-corrected chi connectivity index (χ1v) is 10.1. The number of nitrogens with zero attached hydrogens (tertiary/aromatic N) is 2. The van der Waals surface area contributed by atoms with Crippen molar-refractivity contribution in [3.8, 4) is 11.5 Å². The average molecular weight is 429 g/mol. The van der Waals surface area contributed by atoms with E-state index < -0.39 is 0 Å². The van der Waals surface area contributed by atoms with Gasteiger partial charge < -0.3 is 19.4 Å². The van der Waals surface area contributed by atoms with Crippen molar-refractivity contribution in [3.63, 3.8) is 0 Å². The minimum atomic E-state index is -0.367. The SMILES string of the molecule is Cc1ccc(Oc2cc(C(=O)Nc3ccc(C)cn3)cc3oc(C(=O)N(C)C)cc23)cc1. The second kappa shape index (κ2) is 8.55. The molecule has 0 aliphatic carbocycles. The molecule has 0 radical (unpaired) electrons. The number of hydrogen-bond acceptors (Lipinski definition) is 5. The van der Waals surface area contributed by atoms with Crippen molar-refractivity contribution in [2.75, 3.05) is 19.4 Å². The zero-order chi connectivity index (χ0) is 22.8. The highest BCUT2D eigenvalue weighted by Crippen LogP contribution is 2.34. The monoisotopic (exact) mass is 429 g/mol. The van der Waals surface area contributed by atoms with E-state index in [0.717, 1.165) is 11.1 Å². The fraction of sp³-hybridized carbons (Fsp3) is 0.160.